The van der Waals surface area contributed by atoms with Crippen molar-refractivity contribution in [3.8, 4) is 11.5 Å². The molecule has 0 aliphatic carbocycles. The average molecular weight is 391 g/mol. The first-order valence-corrected chi connectivity index (χ1v) is 9.91. The van der Waals surface area contributed by atoms with Gasteiger partial charge in [-0.2, -0.15) is 0 Å². The Kier molecular flexibility index (Phi) is 5.96. The smallest absolute Gasteiger partial charge is 0.251 e. The third-order valence-electron chi connectivity index (χ3n) is 5.17. The Labute approximate surface area is 170 Å². The monoisotopic (exact) mass is 391 g/mol. The number of hydrogen-bond donors (Lipinski definition) is 1. The summed E-state index contributed by atoms with van der Waals surface area (Å²) in [5, 5.41) is 5.25. The van der Waals surface area contributed by atoms with Crippen molar-refractivity contribution >= 4 is 16.7 Å². The molecule has 0 unspecified atom stereocenters. The third kappa shape index (κ3) is 4.69. The van der Waals surface area contributed by atoms with E-state index in [1.54, 1.807) is 19.2 Å². The minimum Gasteiger partial charge on any atom is -0.496 e. The molecule has 0 spiro atoms. The van der Waals surface area contributed by atoms with E-state index in [1.807, 2.05) is 36.4 Å². The second kappa shape index (κ2) is 8.97. The summed E-state index contributed by atoms with van der Waals surface area (Å²) in [6.45, 7) is 1.63. The number of ether oxygens (including phenoxy) is 3. The minimum atomic E-state index is -0.116. The maximum Gasteiger partial charge on any atom is 0.251 e. The number of benzene rings is 3. The molecule has 29 heavy (non-hydrogen) atoms. The van der Waals surface area contributed by atoms with Crippen molar-refractivity contribution in [3.63, 3.8) is 0 Å². The summed E-state index contributed by atoms with van der Waals surface area (Å²) >= 11 is 0. The van der Waals surface area contributed by atoms with Crippen LogP contribution in [0, 0.1) is 0 Å². The third-order valence-corrected chi connectivity index (χ3v) is 5.17. The Bertz CT molecular complexity index is 995. The zero-order chi connectivity index (χ0) is 20.1. The number of methoxy groups -OCH3 is 1. The molecule has 1 fully saturated rings. The highest BCUT2D eigenvalue weighted by molar-refractivity contribution is 5.94. The molecule has 3 aromatic rings. The molecular weight excluding hydrogens is 366 g/mol. The molecule has 1 atom stereocenters. The van der Waals surface area contributed by atoms with Gasteiger partial charge < -0.3 is 19.5 Å². The number of fused-ring (bicyclic) bond motifs is 1. The van der Waals surface area contributed by atoms with Crippen molar-refractivity contribution in [2.24, 2.45) is 0 Å². The molecule has 5 nitrogen and oxygen atoms in total. The normalized spacial score (nSPS) is 16.0. The summed E-state index contributed by atoms with van der Waals surface area (Å²) in [6, 6.07) is 19.6. The molecule has 3 aromatic carbocycles. The standard InChI is InChI=1S/C24H25NO4/c1-27-23-11-9-19(24(26)25-15-22-7-4-12-28-22)13-20(23)16-29-21-10-8-17-5-2-3-6-18(17)14-21/h2-3,5-6,8-11,13-14,22H,4,7,12,15-16H2,1H3,(H,25,26)/t22-/m0/s1. The first-order valence-electron chi connectivity index (χ1n) is 9.91. The summed E-state index contributed by atoms with van der Waals surface area (Å²) in [7, 11) is 1.62. The van der Waals surface area contributed by atoms with Gasteiger partial charge in [-0.25, -0.2) is 0 Å². The molecule has 1 saturated heterocycles. The molecule has 0 aromatic heterocycles. The fraction of sp³-hybridized carbons (Fsp3) is 0.292. The molecular formula is C24H25NO4. The van der Waals surface area contributed by atoms with Crippen LogP contribution in [0.2, 0.25) is 0 Å². The van der Waals surface area contributed by atoms with Gasteiger partial charge in [-0.1, -0.05) is 30.3 Å². The van der Waals surface area contributed by atoms with E-state index in [4.69, 9.17) is 14.2 Å². The average Bonchev–Trinajstić information content (AvgIpc) is 3.29. The van der Waals surface area contributed by atoms with Crippen LogP contribution in [0.5, 0.6) is 11.5 Å². The zero-order valence-corrected chi connectivity index (χ0v) is 16.5. The van der Waals surface area contributed by atoms with E-state index in [0.717, 1.165) is 36.1 Å². The lowest BCUT2D eigenvalue weighted by Crippen LogP contribution is -2.31. The number of rotatable bonds is 7. The quantitative estimate of drug-likeness (QED) is 0.651. The van der Waals surface area contributed by atoms with Crippen LogP contribution in [0.1, 0.15) is 28.8 Å². The molecule has 0 saturated carbocycles. The van der Waals surface area contributed by atoms with E-state index >= 15 is 0 Å². The first-order chi connectivity index (χ1) is 14.2. The molecule has 0 bridgehead atoms. The molecule has 0 radical (unpaired) electrons. The van der Waals surface area contributed by atoms with Gasteiger partial charge in [0.15, 0.2) is 0 Å². The van der Waals surface area contributed by atoms with Crippen LogP contribution in [0.25, 0.3) is 10.8 Å². The number of carbonyl (C=O) groups excluding carboxylic acids is 1. The van der Waals surface area contributed by atoms with Gasteiger partial charge >= 0.3 is 0 Å². The van der Waals surface area contributed by atoms with Crippen molar-refractivity contribution in [2.75, 3.05) is 20.3 Å². The summed E-state index contributed by atoms with van der Waals surface area (Å²) in [6.07, 6.45) is 2.17. The van der Waals surface area contributed by atoms with Crippen molar-refractivity contribution in [1.29, 1.82) is 0 Å². The van der Waals surface area contributed by atoms with Crippen LogP contribution in [0.4, 0.5) is 0 Å². The highest BCUT2D eigenvalue weighted by atomic mass is 16.5. The maximum atomic E-state index is 12.5. The van der Waals surface area contributed by atoms with Gasteiger partial charge in [-0.15, -0.1) is 0 Å². The topological polar surface area (TPSA) is 56.8 Å². The van der Waals surface area contributed by atoms with Crippen LogP contribution < -0.4 is 14.8 Å². The fourth-order valence-electron chi connectivity index (χ4n) is 3.56. The lowest BCUT2D eigenvalue weighted by atomic mass is 10.1. The predicted molar refractivity (Wildman–Crippen MR) is 113 cm³/mol. The SMILES string of the molecule is COc1ccc(C(=O)NC[C@@H]2CCCO2)cc1COc1ccc2ccccc2c1. The fourth-order valence-corrected chi connectivity index (χ4v) is 3.56. The Balaban J connectivity index is 1.44. The van der Waals surface area contributed by atoms with Crippen LogP contribution in [-0.4, -0.2) is 32.3 Å². The van der Waals surface area contributed by atoms with E-state index in [9.17, 15) is 4.79 Å². The summed E-state index contributed by atoms with van der Waals surface area (Å²) in [5.74, 6) is 1.36. The van der Waals surface area contributed by atoms with Gasteiger partial charge in [-0.3, -0.25) is 4.79 Å². The maximum absolute atomic E-state index is 12.5. The number of amides is 1. The van der Waals surface area contributed by atoms with Gasteiger partial charge in [0.25, 0.3) is 5.91 Å². The highest BCUT2D eigenvalue weighted by Crippen LogP contribution is 2.25. The Morgan fingerprint density at radius 1 is 1.10 bits per heavy atom. The van der Waals surface area contributed by atoms with Crippen LogP contribution >= 0.6 is 0 Å². The largest absolute Gasteiger partial charge is 0.496 e. The Morgan fingerprint density at radius 3 is 2.76 bits per heavy atom. The molecule has 5 heteroatoms. The van der Waals surface area contributed by atoms with Gasteiger partial charge in [0, 0.05) is 24.3 Å². The Morgan fingerprint density at radius 2 is 1.97 bits per heavy atom. The van der Waals surface area contributed by atoms with Crippen molar-refractivity contribution in [1.82, 2.24) is 5.32 Å². The van der Waals surface area contributed by atoms with E-state index in [1.165, 1.54) is 5.39 Å². The molecule has 1 aliphatic rings. The number of carbonyl (C=O) groups is 1. The molecule has 1 amide bonds. The summed E-state index contributed by atoms with van der Waals surface area (Å²) in [5.41, 5.74) is 1.41. The summed E-state index contributed by atoms with van der Waals surface area (Å²) in [4.78, 5) is 12.5. The van der Waals surface area contributed by atoms with E-state index in [0.29, 0.717) is 24.5 Å². The van der Waals surface area contributed by atoms with Crippen molar-refractivity contribution in [3.05, 3.63) is 71.8 Å². The minimum absolute atomic E-state index is 0.116. The number of hydrogen-bond acceptors (Lipinski definition) is 4. The lowest BCUT2D eigenvalue weighted by Gasteiger charge is -2.14. The molecule has 1 N–H and O–H groups in total. The van der Waals surface area contributed by atoms with E-state index in [2.05, 4.69) is 17.4 Å². The van der Waals surface area contributed by atoms with Gasteiger partial charge in [0.1, 0.15) is 18.1 Å². The summed E-state index contributed by atoms with van der Waals surface area (Å²) < 4.78 is 17.0. The number of nitrogens with one attached hydrogen (secondary N) is 1. The van der Waals surface area contributed by atoms with Gasteiger partial charge in [0.05, 0.1) is 13.2 Å². The van der Waals surface area contributed by atoms with Crippen molar-refractivity contribution < 1.29 is 19.0 Å². The van der Waals surface area contributed by atoms with Crippen molar-refractivity contribution in [2.45, 2.75) is 25.6 Å². The molecule has 4 rings (SSSR count). The first kappa shape index (κ1) is 19.3. The van der Waals surface area contributed by atoms with E-state index in [-0.39, 0.29) is 12.0 Å². The predicted octanol–water partition coefficient (Wildman–Crippen LogP) is 4.34. The highest BCUT2D eigenvalue weighted by Gasteiger charge is 2.17. The molecule has 150 valence electrons. The second-order valence-electron chi connectivity index (χ2n) is 7.17. The molecule has 1 heterocycles. The van der Waals surface area contributed by atoms with Crippen LogP contribution in [0.15, 0.2) is 60.7 Å². The van der Waals surface area contributed by atoms with Crippen LogP contribution in [0.3, 0.4) is 0 Å². The van der Waals surface area contributed by atoms with Crippen LogP contribution in [-0.2, 0) is 11.3 Å². The second-order valence-corrected chi connectivity index (χ2v) is 7.17. The zero-order valence-electron chi connectivity index (χ0n) is 16.5. The van der Waals surface area contributed by atoms with Gasteiger partial charge in [0.2, 0.25) is 0 Å². The van der Waals surface area contributed by atoms with Gasteiger partial charge in [-0.05, 0) is 53.9 Å². The molecule has 1 aliphatic heterocycles. The Hall–Kier alpha value is -3.05. The lowest BCUT2D eigenvalue weighted by molar-refractivity contribution is 0.0857. The van der Waals surface area contributed by atoms with E-state index < -0.39 is 0 Å².